The summed E-state index contributed by atoms with van der Waals surface area (Å²) in [4.78, 5) is 5.10. The number of nitrogens with zero attached hydrogens (tertiary/aromatic N) is 3. The number of hydrogen-bond donors (Lipinski definition) is 2. The molecule has 5 nitrogen and oxygen atoms in total. The van der Waals surface area contributed by atoms with Crippen LogP contribution in [0.1, 0.15) is 23.9 Å². The molecule has 0 radical (unpaired) electrons. The summed E-state index contributed by atoms with van der Waals surface area (Å²) >= 11 is 1.40. The molecule has 2 N–H and O–H groups in total. The van der Waals surface area contributed by atoms with Crippen LogP contribution in [0.2, 0.25) is 0 Å². The maximum absolute atomic E-state index is 9.22. The Morgan fingerprint density at radius 1 is 1.47 bits per heavy atom. The van der Waals surface area contributed by atoms with Gasteiger partial charge in [0, 0.05) is 11.4 Å². The Bertz CT molecular complexity index is 599. The van der Waals surface area contributed by atoms with Gasteiger partial charge in [-0.15, -0.1) is 5.10 Å². The van der Waals surface area contributed by atoms with E-state index < -0.39 is 0 Å². The first-order valence-corrected chi connectivity index (χ1v) is 6.85. The number of benzene rings is 1. The second kappa shape index (κ2) is 6.36. The van der Waals surface area contributed by atoms with E-state index in [1.54, 1.807) is 0 Å². The van der Waals surface area contributed by atoms with E-state index in [0.29, 0.717) is 10.7 Å². The molecule has 1 heterocycles. The van der Waals surface area contributed by atoms with Gasteiger partial charge in [0.1, 0.15) is 11.9 Å². The lowest BCUT2D eigenvalue weighted by molar-refractivity contribution is 0.726. The normalized spacial score (nSPS) is 10.4. The summed E-state index contributed by atoms with van der Waals surface area (Å²) in [6.45, 7) is 5.59. The summed E-state index contributed by atoms with van der Waals surface area (Å²) in [7, 11) is 0. The summed E-state index contributed by atoms with van der Waals surface area (Å²) in [5.41, 5.74) is 1.76. The summed E-state index contributed by atoms with van der Waals surface area (Å²) in [6.07, 6.45) is 0. The molecule has 0 saturated carbocycles. The van der Waals surface area contributed by atoms with Crippen LogP contribution < -0.4 is 5.32 Å². The zero-order chi connectivity index (χ0) is 13.7. The Morgan fingerprint density at radius 3 is 2.95 bits per heavy atom. The Balaban J connectivity index is 2.19. The van der Waals surface area contributed by atoms with E-state index in [1.807, 2.05) is 25.1 Å². The maximum Gasteiger partial charge on any atom is 0.213 e. The van der Waals surface area contributed by atoms with E-state index in [-0.39, 0.29) is 0 Å². The number of aromatic nitrogens is 3. The van der Waals surface area contributed by atoms with Crippen molar-refractivity contribution in [3.05, 3.63) is 35.2 Å². The van der Waals surface area contributed by atoms with Gasteiger partial charge in [0.25, 0.3) is 0 Å². The van der Waals surface area contributed by atoms with E-state index in [9.17, 15) is 5.26 Å². The molecule has 0 aliphatic carbocycles. The van der Waals surface area contributed by atoms with E-state index in [2.05, 4.69) is 33.5 Å². The molecule has 0 spiro atoms. The molecule has 0 saturated heterocycles. The summed E-state index contributed by atoms with van der Waals surface area (Å²) in [6, 6.07) is 8.10. The molecule has 98 valence electrons. The Labute approximate surface area is 116 Å². The minimum Gasteiger partial charge on any atom is -0.313 e. The summed E-state index contributed by atoms with van der Waals surface area (Å²) in [5, 5.41) is 19.9. The van der Waals surface area contributed by atoms with Gasteiger partial charge in [0.15, 0.2) is 0 Å². The third-order valence-corrected chi connectivity index (χ3v) is 3.46. The Kier molecular flexibility index (Phi) is 4.55. The molecule has 0 fully saturated rings. The average Bonchev–Trinajstić information content (AvgIpc) is 2.83. The molecule has 0 aliphatic rings. The van der Waals surface area contributed by atoms with E-state index in [1.165, 1.54) is 11.8 Å². The molecule has 0 bridgehead atoms. The monoisotopic (exact) mass is 273 g/mol. The number of aromatic amines is 1. The van der Waals surface area contributed by atoms with Gasteiger partial charge in [-0.1, -0.05) is 13.0 Å². The van der Waals surface area contributed by atoms with Crippen LogP contribution in [-0.4, -0.2) is 21.7 Å². The minimum absolute atomic E-state index is 0.633. The fourth-order valence-corrected chi connectivity index (χ4v) is 2.42. The lowest BCUT2D eigenvalue weighted by atomic mass is 10.1. The largest absolute Gasteiger partial charge is 0.313 e. The van der Waals surface area contributed by atoms with Crippen molar-refractivity contribution >= 4 is 11.8 Å². The fraction of sp³-hybridized carbons (Fsp3) is 0.308. The van der Waals surface area contributed by atoms with Crippen molar-refractivity contribution in [3.8, 4) is 6.07 Å². The van der Waals surface area contributed by atoms with Crippen molar-refractivity contribution in [2.24, 2.45) is 0 Å². The SMILES string of the molecule is CCNCc1ccc(Sc2n[nH]c(C)n2)c(C#N)c1. The number of rotatable bonds is 5. The molecule has 1 aromatic heterocycles. The number of aryl methyl sites for hydroxylation is 1. The number of nitriles is 1. The van der Waals surface area contributed by atoms with Crippen LogP contribution in [0, 0.1) is 18.3 Å². The molecule has 0 unspecified atom stereocenters. The van der Waals surface area contributed by atoms with Crippen molar-refractivity contribution in [1.82, 2.24) is 20.5 Å². The van der Waals surface area contributed by atoms with Crippen LogP contribution >= 0.6 is 11.8 Å². The van der Waals surface area contributed by atoms with E-state index >= 15 is 0 Å². The topological polar surface area (TPSA) is 77.4 Å². The van der Waals surface area contributed by atoms with Crippen LogP contribution in [0.3, 0.4) is 0 Å². The fourth-order valence-electron chi connectivity index (χ4n) is 1.60. The highest BCUT2D eigenvalue weighted by Crippen LogP contribution is 2.28. The number of nitrogens with one attached hydrogen (secondary N) is 2. The van der Waals surface area contributed by atoms with Crippen molar-refractivity contribution in [1.29, 1.82) is 5.26 Å². The van der Waals surface area contributed by atoms with Gasteiger partial charge in [-0.25, -0.2) is 4.98 Å². The molecule has 0 aliphatic heterocycles. The maximum atomic E-state index is 9.22. The van der Waals surface area contributed by atoms with Gasteiger partial charge in [0.2, 0.25) is 5.16 Å². The molecule has 6 heteroatoms. The van der Waals surface area contributed by atoms with E-state index in [0.717, 1.165) is 29.4 Å². The second-order valence-electron chi connectivity index (χ2n) is 4.03. The number of H-pyrrole nitrogens is 1. The lowest BCUT2D eigenvalue weighted by Gasteiger charge is -2.05. The van der Waals surface area contributed by atoms with Gasteiger partial charge in [-0.3, -0.25) is 5.10 Å². The van der Waals surface area contributed by atoms with Crippen LogP contribution in [0.25, 0.3) is 0 Å². The molecular weight excluding hydrogens is 258 g/mol. The molecule has 0 atom stereocenters. The first-order valence-electron chi connectivity index (χ1n) is 6.03. The highest BCUT2D eigenvalue weighted by atomic mass is 32.2. The average molecular weight is 273 g/mol. The quantitative estimate of drug-likeness (QED) is 0.873. The summed E-state index contributed by atoms with van der Waals surface area (Å²) in [5.74, 6) is 0.768. The molecule has 2 aromatic rings. The Morgan fingerprint density at radius 2 is 2.32 bits per heavy atom. The smallest absolute Gasteiger partial charge is 0.213 e. The zero-order valence-corrected chi connectivity index (χ0v) is 11.7. The predicted octanol–water partition coefficient (Wildman–Crippen LogP) is 2.25. The van der Waals surface area contributed by atoms with Gasteiger partial charge in [-0.05, 0) is 42.9 Å². The third kappa shape index (κ3) is 3.56. The van der Waals surface area contributed by atoms with Crippen LogP contribution in [0.4, 0.5) is 0 Å². The van der Waals surface area contributed by atoms with Crippen molar-refractivity contribution < 1.29 is 0 Å². The third-order valence-electron chi connectivity index (χ3n) is 2.52. The molecule has 2 rings (SSSR count). The van der Waals surface area contributed by atoms with Crippen LogP contribution in [0.15, 0.2) is 28.3 Å². The highest BCUT2D eigenvalue weighted by molar-refractivity contribution is 7.99. The Hall–Kier alpha value is -1.84. The molecule has 0 amide bonds. The highest BCUT2D eigenvalue weighted by Gasteiger charge is 2.08. The van der Waals surface area contributed by atoms with Crippen molar-refractivity contribution in [2.45, 2.75) is 30.4 Å². The molecular formula is C13H15N5S. The first-order chi connectivity index (χ1) is 9.22. The van der Waals surface area contributed by atoms with Gasteiger partial charge in [0.05, 0.1) is 5.56 Å². The van der Waals surface area contributed by atoms with Crippen LogP contribution in [0.5, 0.6) is 0 Å². The second-order valence-corrected chi connectivity index (χ2v) is 5.04. The standard InChI is InChI=1S/C13H15N5S/c1-3-15-8-10-4-5-12(11(6-10)7-14)19-13-16-9(2)17-18-13/h4-6,15H,3,8H2,1-2H3,(H,16,17,18). The zero-order valence-electron chi connectivity index (χ0n) is 10.9. The lowest BCUT2D eigenvalue weighted by Crippen LogP contribution is -2.11. The van der Waals surface area contributed by atoms with E-state index in [4.69, 9.17) is 0 Å². The molecule has 1 aromatic carbocycles. The van der Waals surface area contributed by atoms with Gasteiger partial charge in [-0.2, -0.15) is 5.26 Å². The summed E-state index contributed by atoms with van der Waals surface area (Å²) < 4.78 is 0. The van der Waals surface area contributed by atoms with Gasteiger partial charge >= 0.3 is 0 Å². The van der Waals surface area contributed by atoms with Crippen molar-refractivity contribution in [2.75, 3.05) is 6.54 Å². The predicted molar refractivity (Wildman–Crippen MR) is 73.8 cm³/mol. The van der Waals surface area contributed by atoms with Crippen LogP contribution in [-0.2, 0) is 6.54 Å². The van der Waals surface area contributed by atoms with Gasteiger partial charge < -0.3 is 5.32 Å². The molecule has 19 heavy (non-hydrogen) atoms. The minimum atomic E-state index is 0.633. The first kappa shape index (κ1) is 13.6. The van der Waals surface area contributed by atoms with Crippen molar-refractivity contribution in [3.63, 3.8) is 0 Å². The number of hydrogen-bond acceptors (Lipinski definition) is 5.